The van der Waals surface area contributed by atoms with Gasteiger partial charge in [-0.05, 0) is 30.4 Å². The van der Waals surface area contributed by atoms with Crippen molar-refractivity contribution in [1.29, 1.82) is 0 Å². The van der Waals surface area contributed by atoms with Crippen LogP contribution in [0.1, 0.15) is 30.5 Å². The zero-order valence-electron chi connectivity index (χ0n) is 9.76. The Kier molecular flexibility index (Phi) is 2.71. The van der Waals surface area contributed by atoms with Crippen molar-refractivity contribution in [3.63, 3.8) is 0 Å². The molecule has 4 nitrogen and oxygen atoms in total. The number of pyridine rings is 1. The summed E-state index contributed by atoms with van der Waals surface area (Å²) in [6.07, 6.45) is 5.25. The largest absolute Gasteiger partial charge is 0.449 e. The van der Waals surface area contributed by atoms with E-state index in [0.29, 0.717) is 25.6 Å². The molecule has 0 aromatic carbocycles. The first-order valence-electron chi connectivity index (χ1n) is 6.17. The van der Waals surface area contributed by atoms with E-state index in [4.69, 9.17) is 4.74 Å². The number of hydrogen-bond donors (Lipinski definition) is 0. The molecular formula is C13H16N2O2. The lowest BCUT2D eigenvalue weighted by Crippen LogP contribution is -2.29. The van der Waals surface area contributed by atoms with Gasteiger partial charge in [-0.15, -0.1) is 0 Å². The molecule has 2 heterocycles. The van der Waals surface area contributed by atoms with Crippen LogP contribution >= 0.6 is 0 Å². The second-order valence-electron chi connectivity index (χ2n) is 4.84. The molecule has 0 N–H and O–H groups in total. The summed E-state index contributed by atoms with van der Waals surface area (Å²) in [5, 5.41) is 0. The monoisotopic (exact) mass is 232 g/mol. The van der Waals surface area contributed by atoms with Crippen molar-refractivity contribution in [1.82, 2.24) is 9.88 Å². The molecule has 3 rings (SSSR count). The molecule has 17 heavy (non-hydrogen) atoms. The van der Waals surface area contributed by atoms with Crippen molar-refractivity contribution in [2.24, 2.45) is 5.92 Å². The van der Waals surface area contributed by atoms with Gasteiger partial charge in [0.2, 0.25) is 0 Å². The molecule has 1 aliphatic carbocycles. The Morgan fingerprint density at radius 2 is 2.35 bits per heavy atom. The van der Waals surface area contributed by atoms with E-state index in [9.17, 15) is 4.79 Å². The fourth-order valence-electron chi connectivity index (χ4n) is 2.27. The Hall–Kier alpha value is -1.58. The summed E-state index contributed by atoms with van der Waals surface area (Å²) in [7, 11) is 0. The third-order valence-corrected chi connectivity index (χ3v) is 3.61. The van der Waals surface area contributed by atoms with Gasteiger partial charge in [0.05, 0.1) is 25.4 Å². The summed E-state index contributed by atoms with van der Waals surface area (Å²) < 4.78 is 5.32. The molecular weight excluding hydrogens is 216 g/mol. The predicted molar refractivity (Wildman–Crippen MR) is 62.2 cm³/mol. The van der Waals surface area contributed by atoms with E-state index in [-0.39, 0.29) is 6.09 Å². The zero-order valence-corrected chi connectivity index (χ0v) is 9.76. The molecule has 1 amide bonds. The maximum absolute atomic E-state index is 11.8. The number of carbonyl (C=O) groups is 1. The summed E-state index contributed by atoms with van der Waals surface area (Å²) in [6.45, 7) is 1.80. The number of amides is 1. The lowest BCUT2D eigenvalue weighted by atomic mass is 9.86. The lowest BCUT2D eigenvalue weighted by Gasteiger charge is -2.25. The molecule has 2 aliphatic rings. The van der Waals surface area contributed by atoms with Crippen molar-refractivity contribution in [2.75, 3.05) is 6.61 Å². The van der Waals surface area contributed by atoms with Gasteiger partial charge in [-0.2, -0.15) is 0 Å². The molecule has 1 aromatic heterocycles. The molecule has 0 saturated heterocycles. The van der Waals surface area contributed by atoms with Crippen LogP contribution in [0.15, 0.2) is 18.3 Å². The summed E-state index contributed by atoms with van der Waals surface area (Å²) in [6, 6.07) is 3.92. The van der Waals surface area contributed by atoms with Gasteiger partial charge in [0.15, 0.2) is 0 Å². The van der Waals surface area contributed by atoms with Gasteiger partial charge in [-0.3, -0.25) is 9.88 Å². The van der Waals surface area contributed by atoms with Crippen LogP contribution < -0.4 is 0 Å². The van der Waals surface area contributed by atoms with E-state index >= 15 is 0 Å². The highest BCUT2D eigenvalue weighted by Gasteiger charge is 2.26. The number of hydrogen-bond acceptors (Lipinski definition) is 3. The van der Waals surface area contributed by atoms with E-state index in [1.165, 1.54) is 19.3 Å². The van der Waals surface area contributed by atoms with Crippen LogP contribution in [0.5, 0.6) is 0 Å². The number of nitrogens with zero attached hydrogens (tertiary/aromatic N) is 2. The van der Waals surface area contributed by atoms with Gasteiger partial charge in [0, 0.05) is 6.20 Å². The van der Waals surface area contributed by atoms with Crippen molar-refractivity contribution >= 4 is 6.09 Å². The SMILES string of the molecule is O=C(OCC1CCC1)N1Cc2cccnc2C1. The fraction of sp³-hybridized carbons (Fsp3) is 0.538. The fourth-order valence-corrected chi connectivity index (χ4v) is 2.27. The highest BCUT2D eigenvalue weighted by Crippen LogP contribution is 2.27. The van der Waals surface area contributed by atoms with Crippen LogP contribution in [-0.4, -0.2) is 22.6 Å². The second kappa shape index (κ2) is 4.35. The number of rotatable bonds is 2. The summed E-state index contributed by atoms with van der Waals surface area (Å²) in [4.78, 5) is 17.8. The maximum Gasteiger partial charge on any atom is 0.410 e. The quantitative estimate of drug-likeness (QED) is 0.786. The Balaban J connectivity index is 1.54. The van der Waals surface area contributed by atoms with Gasteiger partial charge >= 0.3 is 6.09 Å². The second-order valence-corrected chi connectivity index (χ2v) is 4.84. The zero-order chi connectivity index (χ0) is 11.7. The molecule has 0 radical (unpaired) electrons. The highest BCUT2D eigenvalue weighted by atomic mass is 16.6. The lowest BCUT2D eigenvalue weighted by molar-refractivity contribution is 0.0709. The number of carbonyl (C=O) groups excluding carboxylic acids is 1. The van der Waals surface area contributed by atoms with E-state index in [1.54, 1.807) is 11.1 Å². The van der Waals surface area contributed by atoms with Gasteiger partial charge in [-0.1, -0.05) is 12.5 Å². The molecule has 0 spiro atoms. The highest BCUT2D eigenvalue weighted by molar-refractivity contribution is 5.68. The number of aromatic nitrogens is 1. The molecule has 1 aliphatic heterocycles. The van der Waals surface area contributed by atoms with Crippen molar-refractivity contribution in [2.45, 2.75) is 32.4 Å². The van der Waals surface area contributed by atoms with E-state index in [1.807, 2.05) is 12.1 Å². The first-order valence-corrected chi connectivity index (χ1v) is 6.17. The van der Waals surface area contributed by atoms with E-state index in [2.05, 4.69) is 4.98 Å². The van der Waals surface area contributed by atoms with Crippen LogP contribution in [0.3, 0.4) is 0 Å². The van der Waals surface area contributed by atoms with E-state index < -0.39 is 0 Å². The molecule has 1 saturated carbocycles. The minimum Gasteiger partial charge on any atom is -0.449 e. The van der Waals surface area contributed by atoms with Crippen LogP contribution in [0.4, 0.5) is 4.79 Å². The first-order chi connectivity index (χ1) is 8.33. The average Bonchev–Trinajstić information content (AvgIpc) is 2.70. The average molecular weight is 232 g/mol. The Bertz CT molecular complexity index is 404. The van der Waals surface area contributed by atoms with E-state index in [0.717, 1.165) is 11.3 Å². The van der Waals surface area contributed by atoms with Crippen LogP contribution in [0.2, 0.25) is 0 Å². The predicted octanol–water partition coefficient (Wildman–Crippen LogP) is 2.33. The third kappa shape index (κ3) is 2.12. The van der Waals surface area contributed by atoms with Gasteiger partial charge in [-0.25, -0.2) is 4.79 Å². The Labute approximate surface area is 101 Å². The minimum absolute atomic E-state index is 0.199. The Morgan fingerprint density at radius 3 is 3.06 bits per heavy atom. The molecule has 1 fully saturated rings. The van der Waals surface area contributed by atoms with Crippen LogP contribution in [0.25, 0.3) is 0 Å². The maximum atomic E-state index is 11.8. The van der Waals surface area contributed by atoms with Crippen molar-refractivity contribution in [3.8, 4) is 0 Å². The molecule has 4 heteroatoms. The standard InChI is InChI=1S/C13H16N2O2/c16-13(17-9-10-3-1-4-10)15-7-11-5-2-6-14-12(11)8-15/h2,5-6,10H,1,3-4,7-9H2. The van der Waals surface area contributed by atoms with Crippen molar-refractivity contribution < 1.29 is 9.53 Å². The van der Waals surface area contributed by atoms with Gasteiger partial charge in [0.1, 0.15) is 0 Å². The van der Waals surface area contributed by atoms with Crippen LogP contribution in [0, 0.1) is 5.92 Å². The first kappa shape index (κ1) is 10.6. The number of ether oxygens (including phenoxy) is 1. The van der Waals surface area contributed by atoms with Crippen molar-refractivity contribution in [3.05, 3.63) is 29.6 Å². The molecule has 1 aromatic rings. The molecule has 0 bridgehead atoms. The third-order valence-electron chi connectivity index (χ3n) is 3.61. The minimum atomic E-state index is -0.199. The Morgan fingerprint density at radius 1 is 1.47 bits per heavy atom. The smallest absolute Gasteiger partial charge is 0.410 e. The molecule has 0 unspecified atom stereocenters. The summed E-state index contributed by atoms with van der Waals surface area (Å²) in [5.74, 6) is 0.599. The van der Waals surface area contributed by atoms with Gasteiger partial charge in [0.25, 0.3) is 0 Å². The normalized spacial score (nSPS) is 18.7. The molecule has 0 atom stereocenters. The topological polar surface area (TPSA) is 42.4 Å². The number of fused-ring (bicyclic) bond motifs is 1. The van der Waals surface area contributed by atoms with Crippen LogP contribution in [-0.2, 0) is 17.8 Å². The summed E-state index contributed by atoms with van der Waals surface area (Å²) in [5.41, 5.74) is 2.13. The summed E-state index contributed by atoms with van der Waals surface area (Å²) >= 11 is 0. The molecule has 90 valence electrons. The van der Waals surface area contributed by atoms with Gasteiger partial charge < -0.3 is 4.74 Å².